The van der Waals surface area contributed by atoms with Gasteiger partial charge >= 0.3 is 0 Å². The van der Waals surface area contributed by atoms with Crippen LogP contribution in [-0.2, 0) is 14.8 Å². The van der Waals surface area contributed by atoms with Crippen LogP contribution in [0, 0.1) is 16.0 Å². The molecule has 21 heavy (non-hydrogen) atoms. The van der Waals surface area contributed by atoms with E-state index in [0.29, 0.717) is 5.69 Å². The molecule has 114 valence electrons. The quantitative estimate of drug-likeness (QED) is 0.647. The second kappa shape index (κ2) is 5.58. The normalized spacial score (nSPS) is 19.0. The number of amides is 1. The highest BCUT2D eigenvalue weighted by molar-refractivity contribution is 7.89. The minimum atomic E-state index is -3.67. The zero-order valence-corrected chi connectivity index (χ0v) is 12.3. The summed E-state index contributed by atoms with van der Waals surface area (Å²) in [6.45, 7) is 0.147. The van der Waals surface area contributed by atoms with Crippen molar-refractivity contribution in [2.75, 3.05) is 17.2 Å². The molecule has 1 aliphatic rings. The lowest BCUT2D eigenvalue weighted by molar-refractivity contribution is -0.384. The number of sulfonamides is 1. The van der Waals surface area contributed by atoms with Crippen molar-refractivity contribution in [3.63, 3.8) is 0 Å². The molecular formula is C11H12ClN3O5S. The number of rotatable bonds is 4. The van der Waals surface area contributed by atoms with Crippen LogP contribution < -0.4 is 10.0 Å². The van der Waals surface area contributed by atoms with Crippen LogP contribution in [0.5, 0.6) is 0 Å². The standard InChI is InChI=1S/C11H12ClN3O5S/c12-9-2-1-8(4-10(9)15(17)18)14-5-7(3-11(14)16)6-21(13,19)20/h1-2,4,7H,3,5-6H2,(H2,13,19,20). The van der Waals surface area contributed by atoms with E-state index in [1.165, 1.54) is 23.1 Å². The summed E-state index contributed by atoms with van der Waals surface area (Å²) in [5, 5.41) is 15.8. The van der Waals surface area contributed by atoms with Gasteiger partial charge in [0.2, 0.25) is 15.9 Å². The largest absolute Gasteiger partial charge is 0.312 e. The van der Waals surface area contributed by atoms with Crippen molar-refractivity contribution in [2.24, 2.45) is 11.1 Å². The molecule has 1 atom stereocenters. The number of halogens is 1. The molecule has 2 rings (SSSR count). The van der Waals surface area contributed by atoms with Crippen LogP contribution in [0.3, 0.4) is 0 Å². The van der Waals surface area contributed by atoms with Crippen LogP contribution in [0.2, 0.25) is 5.02 Å². The molecular weight excluding hydrogens is 322 g/mol. The SMILES string of the molecule is NS(=O)(=O)CC1CC(=O)N(c2ccc(Cl)c([N+](=O)[O-])c2)C1. The van der Waals surface area contributed by atoms with E-state index in [2.05, 4.69) is 0 Å². The number of hydrogen-bond donors (Lipinski definition) is 1. The first-order valence-electron chi connectivity index (χ1n) is 5.92. The molecule has 1 aromatic rings. The third-order valence-electron chi connectivity index (χ3n) is 3.11. The molecule has 0 spiro atoms. The van der Waals surface area contributed by atoms with E-state index in [1.54, 1.807) is 0 Å². The summed E-state index contributed by atoms with van der Waals surface area (Å²) < 4.78 is 22.1. The van der Waals surface area contributed by atoms with E-state index in [1.807, 2.05) is 0 Å². The maximum absolute atomic E-state index is 11.9. The number of nitrogens with zero attached hydrogens (tertiary/aromatic N) is 2. The van der Waals surface area contributed by atoms with Gasteiger partial charge in [-0.05, 0) is 12.1 Å². The number of benzene rings is 1. The first-order valence-corrected chi connectivity index (χ1v) is 8.01. The van der Waals surface area contributed by atoms with Crippen molar-refractivity contribution in [2.45, 2.75) is 6.42 Å². The predicted molar refractivity (Wildman–Crippen MR) is 76.5 cm³/mol. The highest BCUT2D eigenvalue weighted by Gasteiger charge is 2.33. The fourth-order valence-corrected chi connectivity index (χ4v) is 3.35. The molecule has 0 saturated carbocycles. The van der Waals surface area contributed by atoms with Gasteiger partial charge in [0.1, 0.15) is 5.02 Å². The molecule has 1 heterocycles. The summed E-state index contributed by atoms with van der Waals surface area (Å²) >= 11 is 5.71. The van der Waals surface area contributed by atoms with Crippen LogP contribution >= 0.6 is 11.6 Å². The molecule has 0 bridgehead atoms. The molecule has 8 nitrogen and oxygen atoms in total. The van der Waals surface area contributed by atoms with Gasteiger partial charge in [-0.15, -0.1) is 0 Å². The van der Waals surface area contributed by atoms with Gasteiger partial charge < -0.3 is 4.90 Å². The Bertz CT molecular complexity index is 706. The molecule has 0 aromatic heterocycles. The van der Waals surface area contributed by atoms with Crippen LogP contribution in [0.1, 0.15) is 6.42 Å². The average Bonchev–Trinajstić information content (AvgIpc) is 2.68. The summed E-state index contributed by atoms with van der Waals surface area (Å²) in [5.74, 6) is -1.03. The molecule has 2 N–H and O–H groups in total. The molecule has 1 aromatic carbocycles. The first kappa shape index (κ1) is 15.7. The van der Waals surface area contributed by atoms with Crippen LogP contribution in [0.15, 0.2) is 18.2 Å². The lowest BCUT2D eigenvalue weighted by Gasteiger charge is -2.16. The van der Waals surface area contributed by atoms with Crippen molar-refractivity contribution in [3.8, 4) is 0 Å². The van der Waals surface area contributed by atoms with Crippen molar-refractivity contribution < 1.29 is 18.1 Å². The Morgan fingerprint density at radius 3 is 2.71 bits per heavy atom. The van der Waals surface area contributed by atoms with Gasteiger partial charge in [-0.25, -0.2) is 13.6 Å². The third kappa shape index (κ3) is 3.69. The molecule has 10 heteroatoms. The fourth-order valence-electron chi connectivity index (χ4n) is 2.28. The van der Waals surface area contributed by atoms with Crippen molar-refractivity contribution in [1.82, 2.24) is 0 Å². The molecule has 1 aliphatic heterocycles. The van der Waals surface area contributed by atoms with E-state index in [4.69, 9.17) is 16.7 Å². The van der Waals surface area contributed by atoms with E-state index in [0.717, 1.165) is 0 Å². The molecule has 1 saturated heterocycles. The highest BCUT2D eigenvalue weighted by Crippen LogP contribution is 2.32. The first-order chi connectivity index (χ1) is 9.67. The summed E-state index contributed by atoms with van der Waals surface area (Å²) in [4.78, 5) is 23.4. The number of nitro benzene ring substituents is 1. The predicted octanol–water partition coefficient (Wildman–Crippen LogP) is 0.890. The molecule has 1 unspecified atom stereocenters. The van der Waals surface area contributed by atoms with E-state index in [-0.39, 0.29) is 35.3 Å². The number of nitrogens with two attached hydrogens (primary N) is 1. The Morgan fingerprint density at radius 2 is 2.14 bits per heavy atom. The maximum atomic E-state index is 11.9. The monoisotopic (exact) mass is 333 g/mol. The zero-order chi connectivity index (χ0) is 15.8. The number of carbonyl (C=O) groups excluding carboxylic acids is 1. The molecule has 0 aliphatic carbocycles. The number of primary sulfonamides is 1. The van der Waals surface area contributed by atoms with Gasteiger partial charge in [0, 0.05) is 24.9 Å². The lowest BCUT2D eigenvalue weighted by atomic mass is 10.1. The van der Waals surface area contributed by atoms with Crippen LogP contribution in [0.4, 0.5) is 11.4 Å². The van der Waals surface area contributed by atoms with E-state index in [9.17, 15) is 23.3 Å². The van der Waals surface area contributed by atoms with Crippen molar-refractivity contribution in [1.29, 1.82) is 0 Å². The second-order valence-corrected chi connectivity index (χ2v) is 6.86. The number of anilines is 1. The average molecular weight is 334 g/mol. The minimum Gasteiger partial charge on any atom is -0.312 e. The smallest absolute Gasteiger partial charge is 0.289 e. The van der Waals surface area contributed by atoms with Gasteiger partial charge in [0.05, 0.1) is 16.4 Å². The molecule has 0 radical (unpaired) electrons. The summed E-state index contributed by atoms with van der Waals surface area (Å²) in [6, 6.07) is 4.00. The number of carbonyl (C=O) groups is 1. The maximum Gasteiger partial charge on any atom is 0.289 e. The van der Waals surface area contributed by atoms with Crippen molar-refractivity contribution >= 4 is 38.9 Å². The van der Waals surface area contributed by atoms with Crippen LogP contribution in [-0.4, -0.2) is 31.5 Å². The van der Waals surface area contributed by atoms with E-state index < -0.39 is 20.9 Å². The van der Waals surface area contributed by atoms with Crippen LogP contribution in [0.25, 0.3) is 0 Å². The van der Waals surface area contributed by atoms with E-state index >= 15 is 0 Å². The van der Waals surface area contributed by atoms with Gasteiger partial charge in [0.25, 0.3) is 5.69 Å². The third-order valence-corrected chi connectivity index (χ3v) is 4.37. The molecule has 1 amide bonds. The second-order valence-electron chi connectivity index (χ2n) is 4.80. The lowest BCUT2D eigenvalue weighted by Crippen LogP contribution is -2.27. The van der Waals surface area contributed by atoms with Gasteiger partial charge in [-0.1, -0.05) is 11.6 Å². The summed E-state index contributed by atoms with van der Waals surface area (Å²) in [5.41, 5.74) is 0.00452. The summed E-state index contributed by atoms with van der Waals surface area (Å²) in [7, 11) is -3.67. The van der Waals surface area contributed by atoms with Crippen molar-refractivity contribution in [3.05, 3.63) is 33.3 Å². The van der Waals surface area contributed by atoms with Gasteiger partial charge in [-0.3, -0.25) is 14.9 Å². The fraction of sp³-hybridized carbons (Fsp3) is 0.364. The Balaban J connectivity index is 2.25. The Morgan fingerprint density at radius 1 is 1.48 bits per heavy atom. The Kier molecular flexibility index (Phi) is 4.17. The highest BCUT2D eigenvalue weighted by atomic mass is 35.5. The minimum absolute atomic E-state index is 0.0310. The number of nitro groups is 1. The Hall–Kier alpha value is -1.71. The zero-order valence-electron chi connectivity index (χ0n) is 10.7. The van der Waals surface area contributed by atoms with Gasteiger partial charge in [0.15, 0.2) is 0 Å². The topological polar surface area (TPSA) is 124 Å². The van der Waals surface area contributed by atoms with Gasteiger partial charge in [-0.2, -0.15) is 0 Å². The number of hydrogen-bond acceptors (Lipinski definition) is 5. The Labute approximate surface area is 125 Å². The molecule has 1 fully saturated rings. The summed E-state index contributed by atoms with van der Waals surface area (Å²) in [6.07, 6.45) is 0.0346.